The molecule has 68 valence electrons. The molecule has 0 rings (SSSR count). The summed E-state index contributed by atoms with van der Waals surface area (Å²) >= 11 is 10.6. The van der Waals surface area contributed by atoms with Crippen LogP contribution in [0.25, 0.3) is 0 Å². The summed E-state index contributed by atoms with van der Waals surface area (Å²) in [5, 5.41) is 0. The van der Waals surface area contributed by atoms with Crippen LogP contribution < -0.4 is 0 Å². The van der Waals surface area contributed by atoms with E-state index in [2.05, 4.69) is 6.92 Å². The van der Waals surface area contributed by atoms with Gasteiger partial charge in [0.05, 0.1) is 0 Å². The number of hydrogen-bond donors (Lipinski definition) is 0. The van der Waals surface area contributed by atoms with Crippen molar-refractivity contribution in [2.45, 2.75) is 33.1 Å². The van der Waals surface area contributed by atoms with Gasteiger partial charge in [0.25, 0.3) is 0 Å². The molecule has 0 amide bonds. The molecular formula is C9H18Cl2. The summed E-state index contributed by atoms with van der Waals surface area (Å²) < 4.78 is 0. The van der Waals surface area contributed by atoms with Gasteiger partial charge in [0.2, 0.25) is 0 Å². The first kappa shape index (κ1) is 13.9. The predicted octanol–water partition coefficient (Wildman–Crippen LogP) is 4.22. The molecule has 0 aromatic rings. The van der Waals surface area contributed by atoms with Gasteiger partial charge in [-0.05, 0) is 13.3 Å². The Kier molecular flexibility index (Phi) is 21.1. The molecule has 0 bridgehead atoms. The number of unbranched alkanes of at least 4 members (excludes halogenated alkanes) is 2. The third-order valence-electron chi connectivity index (χ3n) is 1.06. The van der Waals surface area contributed by atoms with E-state index in [4.69, 9.17) is 23.2 Å². The van der Waals surface area contributed by atoms with Crippen LogP contribution in [0, 0.1) is 0 Å². The van der Waals surface area contributed by atoms with Crippen molar-refractivity contribution < 1.29 is 0 Å². The second kappa shape index (κ2) is 16.7. The molecule has 0 aliphatic heterocycles. The zero-order valence-electron chi connectivity index (χ0n) is 7.45. The molecule has 0 aliphatic carbocycles. The fourth-order valence-corrected chi connectivity index (χ4v) is 0.801. The van der Waals surface area contributed by atoms with Crippen molar-refractivity contribution in [1.29, 1.82) is 0 Å². The number of halogens is 2. The Morgan fingerprint density at radius 3 is 1.91 bits per heavy atom. The van der Waals surface area contributed by atoms with E-state index >= 15 is 0 Å². The SMILES string of the molecule is CC=CCCl.CCCCCCl. The van der Waals surface area contributed by atoms with Gasteiger partial charge in [-0.15, -0.1) is 23.2 Å². The summed E-state index contributed by atoms with van der Waals surface area (Å²) in [5.41, 5.74) is 0. The standard InChI is InChI=1S/C5H11Cl.C4H7Cl/c1-2-3-4-5-6;1-2-3-4-5/h2-5H2,1H3;2-3H,4H2,1H3. The van der Waals surface area contributed by atoms with E-state index in [1.54, 1.807) is 0 Å². The summed E-state index contributed by atoms with van der Waals surface area (Å²) in [6.45, 7) is 4.12. The van der Waals surface area contributed by atoms with E-state index in [1.165, 1.54) is 19.3 Å². The number of rotatable bonds is 4. The van der Waals surface area contributed by atoms with Gasteiger partial charge in [0.15, 0.2) is 0 Å². The van der Waals surface area contributed by atoms with Gasteiger partial charge in [-0.3, -0.25) is 0 Å². The maximum atomic E-state index is 5.38. The second-order valence-electron chi connectivity index (χ2n) is 2.12. The van der Waals surface area contributed by atoms with Crippen molar-refractivity contribution in [3.63, 3.8) is 0 Å². The highest BCUT2D eigenvalue weighted by Crippen LogP contribution is 1.93. The van der Waals surface area contributed by atoms with Gasteiger partial charge in [0, 0.05) is 11.8 Å². The summed E-state index contributed by atoms with van der Waals surface area (Å²) in [5.74, 6) is 1.46. The van der Waals surface area contributed by atoms with Crippen molar-refractivity contribution >= 4 is 23.2 Å². The molecule has 0 N–H and O–H groups in total. The van der Waals surface area contributed by atoms with E-state index in [0.717, 1.165) is 5.88 Å². The lowest BCUT2D eigenvalue weighted by atomic mass is 10.3. The molecule has 0 nitrogen and oxygen atoms in total. The average molecular weight is 197 g/mol. The highest BCUT2D eigenvalue weighted by molar-refractivity contribution is 6.18. The van der Waals surface area contributed by atoms with Gasteiger partial charge < -0.3 is 0 Å². The van der Waals surface area contributed by atoms with Gasteiger partial charge in [-0.25, -0.2) is 0 Å². The second-order valence-corrected chi connectivity index (χ2v) is 2.81. The van der Waals surface area contributed by atoms with Gasteiger partial charge in [-0.2, -0.15) is 0 Å². The van der Waals surface area contributed by atoms with Crippen molar-refractivity contribution in [2.75, 3.05) is 11.8 Å². The van der Waals surface area contributed by atoms with Crippen LogP contribution in [0.1, 0.15) is 33.1 Å². The minimum absolute atomic E-state index is 0.635. The Morgan fingerprint density at radius 2 is 1.82 bits per heavy atom. The summed E-state index contributed by atoms with van der Waals surface area (Å²) in [6.07, 6.45) is 7.54. The Labute approximate surface area is 80.6 Å². The Morgan fingerprint density at radius 1 is 1.18 bits per heavy atom. The molecule has 2 heteroatoms. The molecule has 0 aromatic carbocycles. The maximum absolute atomic E-state index is 5.38. The molecular weight excluding hydrogens is 179 g/mol. The molecule has 0 saturated heterocycles. The smallest absolute Gasteiger partial charge is 0.0404 e. The van der Waals surface area contributed by atoms with E-state index in [0.29, 0.717) is 5.88 Å². The molecule has 11 heavy (non-hydrogen) atoms. The van der Waals surface area contributed by atoms with Crippen molar-refractivity contribution in [3.05, 3.63) is 12.2 Å². The Balaban J connectivity index is 0. The summed E-state index contributed by atoms with van der Waals surface area (Å²) in [6, 6.07) is 0. The van der Waals surface area contributed by atoms with E-state index in [9.17, 15) is 0 Å². The van der Waals surface area contributed by atoms with Crippen molar-refractivity contribution in [1.82, 2.24) is 0 Å². The molecule has 0 fully saturated rings. The predicted molar refractivity (Wildman–Crippen MR) is 55.8 cm³/mol. The first-order chi connectivity index (χ1) is 5.33. The number of allylic oxidation sites excluding steroid dienone is 2. The van der Waals surface area contributed by atoms with E-state index in [-0.39, 0.29) is 0 Å². The first-order valence-corrected chi connectivity index (χ1v) is 5.13. The fraction of sp³-hybridized carbons (Fsp3) is 0.778. The van der Waals surface area contributed by atoms with Crippen LogP contribution >= 0.6 is 23.2 Å². The van der Waals surface area contributed by atoms with Crippen LogP contribution in [0.4, 0.5) is 0 Å². The number of alkyl halides is 2. The van der Waals surface area contributed by atoms with Crippen LogP contribution in [-0.4, -0.2) is 11.8 Å². The third-order valence-corrected chi connectivity index (χ3v) is 1.51. The lowest BCUT2D eigenvalue weighted by molar-refractivity contribution is 0.776. The fourth-order valence-electron chi connectivity index (χ4n) is 0.434. The normalized spacial score (nSPS) is 9.45. The molecule has 0 unspecified atom stereocenters. The lowest BCUT2D eigenvalue weighted by Crippen LogP contribution is -1.70. The Hall–Kier alpha value is 0.320. The van der Waals surface area contributed by atoms with Crippen LogP contribution in [-0.2, 0) is 0 Å². The van der Waals surface area contributed by atoms with Gasteiger partial charge >= 0.3 is 0 Å². The monoisotopic (exact) mass is 196 g/mol. The molecule has 0 aliphatic rings. The minimum atomic E-state index is 0.635. The maximum Gasteiger partial charge on any atom is 0.0404 e. The van der Waals surface area contributed by atoms with Crippen LogP contribution in [0.2, 0.25) is 0 Å². The summed E-state index contributed by atoms with van der Waals surface area (Å²) in [7, 11) is 0. The molecule has 0 heterocycles. The zero-order chi connectivity index (χ0) is 8.95. The quantitative estimate of drug-likeness (QED) is 0.359. The first-order valence-electron chi connectivity index (χ1n) is 4.06. The van der Waals surface area contributed by atoms with Crippen LogP contribution in [0.15, 0.2) is 12.2 Å². The molecule has 0 radical (unpaired) electrons. The van der Waals surface area contributed by atoms with Gasteiger partial charge in [0.1, 0.15) is 0 Å². The average Bonchev–Trinajstić information content (AvgIpc) is 2.04. The largest absolute Gasteiger partial charge is 0.127 e. The topological polar surface area (TPSA) is 0 Å². The molecule has 0 aromatic heterocycles. The van der Waals surface area contributed by atoms with Crippen molar-refractivity contribution in [2.24, 2.45) is 0 Å². The molecule has 0 saturated carbocycles. The minimum Gasteiger partial charge on any atom is -0.127 e. The Bertz CT molecular complexity index is 66.0. The molecule has 0 atom stereocenters. The molecule has 0 spiro atoms. The third kappa shape index (κ3) is 25.2. The lowest BCUT2D eigenvalue weighted by Gasteiger charge is -1.84. The van der Waals surface area contributed by atoms with Gasteiger partial charge in [-0.1, -0.05) is 31.9 Å². The van der Waals surface area contributed by atoms with Crippen molar-refractivity contribution in [3.8, 4) is 0 Å². The van der Waals surface area contributed by atoms with E-state index in [1.807, 2.05) is 19.1 Å². The summed E-state index contributed by atoms with van der Waals surface area (Å²) in [4.78, 5) is 0. The highest BCUT2D eigenvalue weighted by Gasteiger charge is 1.76. The highest BCUT2D eigenvalue weighted by atomic mass is 35.5. The van der Waals surface area contributed by atoms with Crippen LogP contribution in [0.3, 0.4) is 0 Å². The van der Waals surface area contributed by atoms with Crippen LogP contribution in [0.5, 0.6) is 0 Å². The number of hydrogen-bond acceptors (Lipinski definition) is 0. The van der Waals surface area contributed by atoms with E-state index < -0.39 is 0 Å². The zero-order valence-corrected chi connectivity index (χ0v) is 8.96.